The summed E-state index contributed by atoms with van der Waals surface area (Å²) in [5.74, 6) is 0.915. The average molecular weight is 537 g/mol. The van der Waals surface area contributed by atoms with Crippen LogP contribution in [0.2, 0.25) is 0 Å². The van der Waals surface area contributed by atoms with Gasteiger partial charge in [-0.1, -0.05) is 19.9 Å². The zero-order valence-corrected chi connectivity index (χ0v) is 23.8. The molecule has 0 radical (unpaired) electrons. The normalized spacial score (nSPS) is 20.1. The number of ketones is 1. The number of likely N-dealkylation sites (N-methyl/N-ethyl adjacent to an activating group) is 1. The number of nitrogens with zero attached hydrogens (tertiary/aromatic N) is 2. The van der Waals surface area contributed by atoms with Crippen LogP contribution in [0.15, 0.2) is 42.0 Å². The molecule has 2 aliphatic heterocycles. The Labute approximate surface area is 231 Å². The fourth-order valence-electron chi connectivity index (χ4n) is 4.98. The summed E-state index contributed by atoms with van der Waals surface area (Å²) in [5, 5.41) is 11.5. The molecule has 0 spiro atoms. The molecule has 2 aliphatic rings. The van der Waals surface area contributed by atoms with Crippen LogP contribution >= 0.6 is 0 Å². The lowest BCUT2D eigenvalue weighted by molar-refractivity contribution is -0.140. The highest BCUT2D eigenvalue weighted by Crippen LogP contribution is 2.42. The highest BCUT2D eigenvalue weighted by molar-refractivity contribution is 6.46. The van der Waals surface area contributed by atoms with E-state index in [1.165, 1.54) is 4.90 Å². The number of aliphatic hydroxyl groups excluding tert-OH is 1. The summed E-state index contributed by atoms with van der Waals surface area (Å²) in [4.78, 5) is 30.2. The minimum Gasteiger partial charge on any atom is -0.507 e. The van der Waals surface area contributed by atoms with E-state index in [1.54, 1.807) is 6.07 Å². The van der Waals surface area contributed by atoms with Gasteiger partial charge in [0.05, 0.1) is 24.8 Å². The fraction of sp³-hybridized carbons (Fsp3) is 0.484. The van der Waals surface area contributed by atoms with Crippen LogP contribution < -0.4 is 14.2 Å². The molecule has 0 bridgehead atoms. The Morgan fingerprint density at radius 2 is 1.90 bits per heavy atom. The van der Waals surface area contributed by atoms with Crippen molar-refractivity contribution in [2.45, 2.75) is 52.7 Å². The number of Topliss-reactive ketones (excluding diaryl/α,β-unsaturated/α-hetero) is 1. The monoisotopic (exact) mass is 536 g/mol. The van der Waals surface area contributed by atoms with Crippen molar-refractivity contribution in [1.29, 1.82) is 0 Å². The zero-order valence-electron chi connectivity index (χ0n) is 23.8. The minimum absolute atomic E-state index is 0.0484. The van der Waals surface area contributed by atoms with Gasteiger partial charge in [0.1, 0.15) is 17.6 Å². The first-order valence-corrected chi connectivity index (χ1v) is 13.7. The maximum Gasteiger partial charge on any atom is 0.295 e. The fourth-order valence-corrected chi connectivity index (χ4v) is 4.98. The van der Waals surface area contributed by atoms with Gasteiger partial charge in [-0.15, -0.1) is 0 Å². The number of rotatable bonds is 11. The van der Waals surface area contributed by atoms with Crippen molar-refractivity contribution in [3.05, 3.63) is 58.7 Å². The highest BCUT2D eigenvalue weighted by atomic mass is 16.5. The van der Waals surface area contributed by atoms with Gasteiger partial charge in [-0.2, -0.15) is 0 Å². The van der Waals surface area contributed by atoms with Crippen LogP contribution in [0.25, 0.3) is 5.76 Å². The van der Waals surface area contributed by atoms with Crippen molar-refractivity contribution in [1.82, 2.24) is 9.80 Å². The van der Waals surface area contributed by atoms with Crippen LogP contribution in [0.1, 0.15) is 56.8 Å². The molecule has 2 heterocycles. The number of benzene rings is 2. The number of carbonyl (C=O) groups is 2. The number of aliphatic hydroxyl groups is 1. The van der Waals surface area contributed by atoms with E-state index in [9.17, 15) is 14.7 Å². The standard InChI is InChI=1S/C31H40N2O6/c1-7-37-26-18-21(8-11-25(26)38-15-12-19(2)3)28-27(30(35)31(36)33(28)14-13-32(5)6)29(34)22-9-10-24-23(17-22)16-20(4)39-24/h8-11,17-20,28,34H,7,12-16H2,1-6H3/b29-27+/t20-,28+/m0/s1. The zero-order chi connectivity index (χ0) is 28.3. The van der Waals surface area contributed by atoms with Gasteiger partial charge in [0, 0.05) is 25.1 Å². The Kier molecular flexibility index (Phi) is 8.85. The Bertz CT molecular complexity index is 1250. The highest BCUT2D eigenvalue weighted by Gasteiger charge is 2.46. The molecule has 0 unspecified atom stereocenters. The molecule has 8 nitrogen and oxygen atoms in total. The van der Waals surface area contributed by atoms with E-state index in [-0.39, 0.29) is 17.4 Å². The average Bonchev–Trinajstić information content (AvgIpc) is 3.38. The van der Waals surface area contributed by atoms with Crippen molar-refractivity contribution in [2.75, 3.05) is 40.4 Å². The van der Waals surface area contributed by atoms with Gasteiger partial charge in [0.15, 0.2) is 11.5 Å². The second-order valence-corrected chi connectivity index (χ2v) is 10.9. The summed E-state index contributed by atoms with van der Waals surface area (Å²) in [5.41, 5.74) is 2.20. The Morgan fingerprint density at radius 1 is 1.13 bits per heavy atom. The molecule has 1 fully saturated rings. The van der Waals surface area contributed by atoms with Crippen molar-refractivity contribution in [3.8, 4) is 17.2 Å². The van der Waals surface area contributed by atoms with Crippen molar-refractivity contribution in [2.24, 2.45) is 5.92 Å². The molecule has 2 aromatic rings. The predicted molar refractivity (Wildman–Crippen MR) is 150 cm³/mol. The van der Waals surface area contributed by atoms with Crippen molar-refractivity contribution in [3.63, 3.8) is 0 Å². The number of likely N-dealkylation sites (tertiary alicyclic amines) is 1. The first kappa shape index (κ1) is 28.5. The molecule has 0 saturated carbocycles. The topological polar surface area (TPSA) is 88.5 Å². The molecule has 1 amide bonds. The van der Waals surface area contributed by atoms with E-state index in [1.807, 2.05) is 63.2 Å². The van der Waals surface area contributed by atoms with Crippen molar-refractivity contribution >= 4 is 17.4 Å². The Balaban J connectivity index is 1.78. The smallest absolute Gasteiger partial charge is 0.295 e. The third-order valence-corrected chi connectivity index (χ3v) is 7.03. The van der Waals surface area contributed by atoms with Gasteiger partial charge in [0.2, 0.25) is 0 Å². The van der Waals surface area contributed by atoms with E-state index >= 15 is 0 Å². The summed E-state index contributed by atoms with van der Waals surface area (Å²) in [7, 11) is 3.82. The van der Waals surface area contributed by atoms with Crippen molar-refractivity contribution < 1.29 is 28.9 Å². The molecule has 210 valence electrons. The molecular weight excluding hydrogens is 496 g/mol. The van der Waals surface area contributed by atoms with Gasteiger partial charge < -0.3 is 29.1 Å². The molecule has 8 heteroatoms. The lowest BCUT2D eigenvalue weighted by Crippen LogP contribution is -2.35. The summed E-state index contributed by atoms with van der Waals surface area (Å²) in [6.07, 6.45) is 1.67. The summed E-state index contributed by atoms with van der Waals surface area (Å²) in [6, 6.07) is 10.1. The molecule has 2 atom stereocenters. The maximum atomic E-state index is 13.4. The van der Waals surface area contributed by atoms with Crippen LogP contribution in [0.4, 0.5) is 0 Å². The largest absolute Gasteiger partial charge is 0.507 e. The molecule has 0 aliphatic carbocycles. The number of carbonyl (C=O) groups excluding carboxylic acids is 2. The molecule has 2 aromatic carbocycles. The number of amides is 1. The molecule has 4 rings (SSSR count). The minimum atomic E-state index is -0.766. The first-order chi connectivity index (χ1) is 18.6. The van der Waals surface area contributed by atoms with Gasteiger partial charge in [-0.25, -0.2) is 0 Å². The summed E-state index contributed by atoms with van der Waals surface area (Å²) in [6.45, 7) is 10.0. The summed E-state index contributed by atoms with van der Waals surface area (Å²) < 4.78 is 17.7. The molecule has 0 aromatic heterocycles. The lowest BCUT2D eigenvalue weighted by Gasteiger charge is -2.27. The third kappa shape index (κ3) is 6.22. The number of hydrogen-bond acceptors (Lipinski definition) is 7. The third-order valence-electron chi connectivity index (χ3n) is 7.03. The van der Waals surface area contributed by atoms with E-state index in [2.05, 4.69) is 13.8 Å². The first-order valence-electron chi connectivity index (χ1n) is 13.7. The van der Waals surface area contributed by atoms with E-state index in [0.717, 1.165) is 17.7 Å². The number of ether oxygens (including phenoxy) is 3. The lowest BCUT2D eigenvalue weighted by atomic mass is 9.94. The van der Waals surface area contributed by atoms with E-state index in [0.29, 0.717) is 61.3 Å². The van der Waals surface area contributed by atoms with Gasteiger partial charge in [-0.05, 0) is 81.7 Å². The van der Waals surface area contributed by atoms with Crippen LogP contribution in [0.5, 0.6) is 17.2 Å². The second kappa shape index (κ2) is 12.1. The molecule has 1 saturated heterocycles. The summed E-state index contributed by atoms with van der Waals surface area (Å²) >= 11 is 0. The maximum absolute atomic E-state index is 13.4. The Morgan fingerprint density at radius 3 is 2.59 bits per heavy atom. The predicted octanol–water partition coefficient (Wildman–Crippen LogP) is 4.82. The van der Waals surface area contributed by atoms with Crippen LogP contribution in [0, 0.1) is 5.92 Å². The SMILES string of the molecule is CCOc1cc([C@@H]2/C(=C(\O)c3ccc4c(c3)C[C@H](C)O4)C(=O)C(=O)N2CCN(C)C)ccc1OCCC(C)C. The van der Waals surface area contributed by atoms with Gasteiger partial charge in [0.25, 0.3) is 11.7 Å². The molecule has 1 N–H and O–H groups in total. The van der Waals surface area contributed by atoms with E-state index < -0.39 is 17.7 Å². The number of hydrogen-bond donors (Lipinski definition) is 1. The quantitative estimate of drug-likeness (QED) is 0.250. The molecule has 39 heavy (non-hydrogen) atoms. The number of fused-ring (bicyclic) bond motifs is 1. The van der Waals surface area contributed by atoms with Gasteiger partial charge in [-0.3, -0.25) is 9.59 Å². The van der Waals surface area contributed by atoms with Gasteiger partial charge >= 0.3 is 0 Å². The Hall–Kier alpha value is -3.52. The molecular formula is C31H40N2O6. The second-order valence-electron chi connectivity index (χ2n) is 10.9. The van der Waals surface area contributed by atoms with Crippen LogP contribution in [-0.4, -0.2) is 73.1 Å². The van der Waals surface area contributed by atoms with Crippen LogP contribution in [0.3, 0.4) is 0 Å². The van der Waals surface area contributed by atoms with E-state index in [4.69, 9.17) is 14.2 Å². The van der Waals surface area contributed by atoms with Crippen LogP contribution in [-0.2, 0) is 16.0 Å².